The molecule has 0 radical (unpaired) electrons. The summed E-state index contributed by atoms with van der Waals surface area (Å²) in [6.45, 7) is 5.07. The van der Waals surface area contributed by atoms with Gasteiger partial charge in [0.2, 0.25) is 11.8 Å². The molecule has 2 atom stereocenters. The zero-order valence-corrected chi connectivity index (χ0v) is 13.1. The monoisotopic (exact) mass is 294 g/mol. The van der Waals surface area contributed by atoms with E-state index in [0.717, 1.165) is 38.5 Å². The van der Waals surface area contributed by atoms with Crippen molar-refractivity contribution < 1.29 is 14.3 Å². The van der Waals surface area contributed by atoms with Crippen molar-refractivity contribution in [3.8, 4) is 0 Å². The molecule has 1 saturated carbocycles. The molecular formula is C16H26N2O3. The minimum Gasteiger partial charge on any atom is -0.379 e. The smallest absolute Gasteiger partial charge is 0.249 e. The number of ether oxygens (including phenoxy) is 1. The molecule has 3 fully saturated rings. The minimum atomic E-state index is -0.762. The van der Waals surface area contributed by atoms with E-state index in [0.29, 0.717) is 19.6 Å². The zero-order valence-electron chi connectivity index (χ0n) is 13.1. The zero-order chi connectivity index (χ0) is 15.1. The first kappa shape index (κ1) is 14.8. The number of carbonyl (C=O) groups is 2. The van der Waals surface area contributed by atoms with Gasteiger partial charge in [0.25, 0.3) is 0 Å². The number of nitrogens with one attached hydrogen (secondary N) is 1. The van der Waals surface area contributed by atoms with E-state index in [1.54, 1.807) is 0 Å². The van der Waals surface area contributed by atoms with Gasteiger partial charge >= 0.3 is 0 Å². The predicted octanol–water partition coefficient (Wildman–Crippen LogP) is 1.61. The second-order valence-electron chi connectivity index (χ2n) is 6.92. The lowest BCUT2D eigenvalue weighted by Crippen LogP contribution is -2.77. The molecule has 2 amide bonds. The fourth-order valence-corrected chi connectivity index (χ4v) is 4.08. The average molecular weight is 294 g/mol. The topological polar surface area (TPSA) is 58.6 Å². The Labute approximate surface area is 126 Å². The Balaban J connectivity index is 2.00. The Morgan fingerprint density at radius 1 is 1.29 bits per heavy atom. The minimum absolute atomic E-state index is 0.0538. The van der Waals surface area contributed by atoms with Gasteiger partial charge in [0.05, 0.1) is 12.6 Å². The van der Waals surface area contributed by atoms with Gasteiger partial charge in [-0.15, -0.1) is 0 Å². The van der Waals surface area contributed by atoms with E-state index in [2.05, 4.69) is 5.32 Å². The molecule has 2 aliphatic heterocycles. The molecular weight excluding hydrogens is 268 g/mol. The molecule has 3 rings (SSSR count). The van der Waals surface area contributed by atoms with Crippen molar-refractivity contribution in [2.24, 2.45) is 0 Å². The summed E-state index contributed by atoms with van der Waals surface area (Å²) in [6, 6.07) is 0.0625. The highest BCUT2D eigenvalue weighted by molar-refractivity contribution is 6.02. The van der Waals surface area contributed by atoms with Crippen molar-refractivity contribution in [2.75, 3.05) is 13.2 Å². The van der Waals surface area contributed by atoms with Gasteiger partial charge in [0.15, 0.2) is 0 Å². The van der Waals surface area contributed by atoms with Crippen LogP contribution in [0.3, 0.4) is 0 Å². The fraction of sp³-hybridized carbons (Fsp3) is 0.875. The van der Waals surface area contributed by atoms with Crippen molar-refractivity contribution in [1.29, 1.82) is 0 Å². The second kappa shape index (κ2) is 5.27. The van der Waals surface area contributed by atoms with Crippen molar-refractivity contribution in [1.82, 2.24) is 10.2 Å². The first-order valence-electron chi connectivity index (χ1n) is 8.28. The summed E-state index contributed by atoms with van der Waals surface area (Å²) in [5, 5.41) is 3.04. The molecule has 118 valence electrons. The van der Waals surface area contributed by atoms with E-state index >= 15 is 0 Å². The summed E-state index contributed by atoms with van der Waals surface area (Å²) < 4.78 is 5.50. The van der Waals surface area contributed by atoms with Crippen LogP contribution in [0, 0.1) is 0 Å². The summed E-state index contributed by atoms with van der Waals surface area (Å²) in [6.07, 6.45) is 6.25. The molecule has 2 heterocycles. The first-order valence-corrected chi connectivity index (χ1v) is 8.28. The van der Waals surface area contributed by atoms with Crippen molar-refractivity contribution in [2.45, 2.75) is 75.9 Å². The third-order valence-corrected chi connectivity index (χ3v) is 5.62. The molecule has 1 spiro atoms. The quantitative estimate of drug-likeness (QED) is 0.841. The maximum Gasteiger partial charge on any atom is 0.249 e. The number of rotatable bonds is 2. The van der Waals surface area contributed by atoms with Crippen LogP contribution in [-0.4, -0.2) is 47.0 Å². The predicted molar refractivity (Wildman–Crippen MR) is 78.7 cm³/mol. The lowest BCUT2D eigenvalue weighted by Gasteiger charge is -2.55. The van der Waals surface area contributed by atoms with Crippen LogP contribution in [0.5, 0.6) is 0 Å². The molecule has 1 aliphatic carbocycles. The molecule has 0 aromatic heterocycles. The molecule has 0 aromatic carbocycles. The standard InChI is InChI=1S/C16H26N2O3/c1-3-15(2)14(20)18(12-7-10-21-11-12)16(13(19)17-15)8-5-4-6-9-16/h12H,3-11H2,1-2H3,(H,17,19). The van der Waals surface area contributed by atoms with Gasteiger partial charge in [-0.05, 0) is 32.6 Å². The van der Waals surface area contributed by atoms with Crippen LogP contribution in [0.2, 0.25) is 0 Å². The van der Waals surface area contributed by atoms with E-state index < -0.39 is 11.1 Å². The van der Waals surface area contributed by atoms with Crippen LogP contribution in [0.15, 0.2) is 0 Å². The highest BCUT2D eigenvalue weighted by atomic mass is 16.5. The van der Waals surface area contributed by atoms with Crippen LogP contribution >= 0.6 is 0 Å². The van der Waals surface area contributed by atoms with Crippen LogP contribution in [0.1, 0.15) is 58.8 Å². The summed E-state index contributed by atoms with van der Waals surface area (Å²) in [4.78, 5) is 28.0. The molecule has 21 heavy (non-hydrogen) atoms. The summed E-state index contributed by atoms with van der Waals surface area (Å²) in [5.41, 5.74) is -1.38. The van der Waals surface area contributed by atoms with Crippen LogP contribution in [0.4, 0.5) is 0 Å². The van der Waals surface area contributed by atoms with Gasteiger partial charge in [-0.25, -0.2) is 0 Å². The van der Waals surface area contributed by atoms with Gasteiger partial charge in [0, 0.05) is 6.61 Å². The molecule has 3 aliphatic rings. The largest absolute Gasteiger partial charge is 0.379 e. The van der Waals surface area contributed by atoms with E-state index in [4.69, 9.17) is 4.74 Å². The molecule has 2 unspecified atom stereocenters. The van der Waals surface area contributed by atoms with E-state index in [1.807, 2.05) is 18.7 Å². The number of nitrogens with zero attached hydrogens (tertiary/aromatic N) is 1. The average Bonchev–Trinajstić information content (AvgIpc) is 3.01. The maximum atomic E-state index is 13.1. The summed E-state index contributed by atoms with van der Waals surface area (Å²) in [7, 11) is 0. The van der Waals surface area contributed by atoms with E-state index in [-0.39, 0.29) is 17.9 Å². The number of carbonyl (C=O) groups excluding carboxylic acids is 2. The second-order valence-corrected chi connectivity index (χ2v) is 6.92. The van der Waals surface area contributed by atoms with Crippen LogP contribution in [-0.2, 0) is 14.3 Å². The third-order valence-electron chi connectivity index (χ3n) is 5.62. The molecule has 0 bridgehead atoms. The lowest BCUT2D eigenvalue weighted by atomic mass is 9.74. The summed E-state index contributed by atoms with van der Waals surface area (Å²) >= 11 is 0. The first-order chi connectivity index (χ1) is 10.0. The van der Waals surface area contributed by atoms with Crippen molar-refractivity contribution >= 4 is 11.8 Å². The van der Waals surface area contributed by atoms with Crippen LogP contribution < -0.4 is 5.32 Å². The van der Waals surface area contributed by atoms with Gasteiger partial charge in [0.1, 0.15) is 11.1 Å². The third kappa shape index (κ3) is 2.17. The van der Waals surface area contributed by atoms with Crippen molar-refractivity contribution in [3.05, 3.63) is 0 Å². The SMILES string of the molecule is CCC1(C)NC(=O)C2(CCCCC2)N(C2CCOC2)C1=O. The van der Waals surface area contributed by atoms with Crippen LogP contribution in [0.25, 0.3) is 0 Å². The van der Waals surface area contributed by atoms with Gasteiger partial charge in [-0.1, -0.05) is 26.2 Å². The summed E-state index contributed by atoms with van der Waals surface area (Å²) in [5.74, 6) is 0.139. The highest BCUT2D eigenvalue weighted by Crippen LogP contribution is 2.41. The number of hydrogen-bond acceptors (Lipinski definition) is 3. The molecule has 1 N–H and O–H groups in total. The van der Waals surface area contributed by atoms with Gasteiger partial charge in [-0.2, -0.15) is 0 Å². The van der Waals surface area contributed by atoms with Crippen molar-refractivity contribution in [3.63, 3.8) is 0 Å². The molecule has 2 saturated heterocycles. The van der Waals surface area contributed by atoms with Gasteiger partial charge in [-0.3, -0.25) is 9.59 Å². The highest BCUT2D eigenvalue weighted by Gasteiger charge is 2.58. The number of hydrogen-bond donors (Lipinski definition) is 1. The van der Waals surface area contributed by atoms with Gasteiger partial charge < -0.3 is 15.0 Å². The maximum absolute atomic E-state index is 13.1. The Morgan fingerprint density at radius 3 is 2.57 bits per heavy atom. The Hall–Kier alpha value is -1.10. The molecule has 0 aromatic rings. The van der Waals surface area contributed by atoms with E-state index in [9.17, 15) is 9.59 Å². The lowest BCUT2D eigenvalue weighted by molar-refractivity contribution is -0.169. The molecule has 5 heteroatoms. The molecule has 5 nitrogen and oxygen atoms in total. The Kier molecular flexibility index (Phi) is 3.72. The normalized spacial score (nSPS) is 36.1. The Bertz CT molecular complexity index is 439. The van der Waals surface area contributed by atoms with E-state index in [1.165, 1.54) is 0 Å². The Morgan fingerprint density at radius 2 is 2.00 bits per heavy atom. The fourth-order valence-electron chi connectivity index (χ4n) is 4.08. The number of amides is 2. The number of piperazine rings is 1.